The van der Waals surface area contributed by atoms with Crippen LogP contribution in [0.15, 0.2) is 30.5 Å². The van der Waals surface area contributed by atoms with Gasteiger partial charge in [0.15, 0.2) is 0 Å². The Bertz CT molecular complexity index is 1020. The molecule has 1 heterocycles. The van der Waals surface area contributed by atoms with Gasteiger partial charge in [0, 0.05) is 17.4 Å². The summed E-state index contributed by atoms with van der Waals surface area (Å²) in [6.45, 7) is 8.54. The molecule has 1 fully saturated rings. The molecule has 1 aromatic heterocycles. The zero-order valence-electron chi connectivity index (χ0n) is 21.3. The number of carboxylic acid groups (broad SMARTS) is 1. The zero-order chi connectivity index (χ0) is 25.4. The predicted octanol–water partition coefficient (Wildman–Crippen LogP) is 5.99. The number of nitrogens with one attached hydrogen (secondary N) is 1. The molecular formula is C28H38N2O5. The maximum atomic E-state index is 13.0. The van der Waals surface area contributed by atoms with Crippen molar-refractivity contribution >= 4 is 17.6 Å². The van der Waals surface area contributed by atoms with Crippen molar-refractivity contribution in [3.05, 3.63) is 41.6 Å². The number of rotatable bonds is 12. The fourth-order valence-corrected chi connectivity index (χ4v) is 4.93. The van der Waals surface area contributed by atoms with Gasteiger partial charge in [0.2, 0.25) is 11.8 Å². The van der Waals surface area contributed by atoms with Gasteiger partial charge >= 0.3 is 5.97 Å². The number of carboxylic acids is 1. The lowest BCUT2D eigenvalue weighted by Crippen LogP contribution is -2.33. The number of carbonyl (C=O) groups excluding carboxylic acids is 1. The standard InChI is InChI=1S/C28H38N2O5/c1-5-22(23(6-2)28(32)33)26(31)30-20-12-13-25(19(16-20)17-35-21-10-8-9-11-21)24-14-15-29-27(18(24)4)34-7-3/h12-16,21-23H,5-11,17H2,1-4H3,(H,30,31)(H,32,33)/t22-,23+/m0/s1. The van der Waals surface area contributed by atoms with Crippen LogP contribution in [0.4, 0.5) is 5.69 Å². The van der Waals surface area contributed by atoms with Gasteiger partial charge in [0.05, 0.1) is 31.2 Å². The van der Waals surface area contributed by atoms with Crippen LogP contribution in [-0.4, -0.2) is 34.7 Å². The molecule has 1 aliphatic carbocycles. The molecule has 2 aromatic rings. The number of nitrogens with zero attached hydrogens (tertiary/aromatic N) is 1. The number of carbonyl (C=O) groups is 2. The third-order valence-electron chi connectivity index (χ3n) is 6.90. The van der Waals surface area contributed by atoms with E-state index in [0.29, 0.717) is 37.6 Å². The van der Waals surface area contributed by atoms with Crippen LogP contribution < -0.4 is 10.1 Å². The van der Waals surface area contributed by atoms with Gasteiger partial charge < -0.3 is 19.9 Å². The fourth-order valence-electron chi connectivity index (χ4n) is 4.93. The lowest BCUT2D eigenvalue weighted by molar-refractivity contribution is -0.146. The SMILES string of the molecule is CCOc1nccc(-c2ccc(NC(=O)[C@@H](CC)[C@@H](CC)C(=O)O)cc2COC2CCCC2)c1C. The average Bonchev–Trinajstić information content (AvgIpc) is 3.36. The zero-order valence-corrected chi connectivity index (χ0v) is 21.3. The second kappa shape index (κ2) is 12.7. The minimum Gasteiger partial charge on any atom is -0.481 e. The highest BCUT2D eigenvalue weighted by atomic mass is 16.5. The molecule has 2 N–H and O–H groups in total. The molecule has 1 saturated carbocycles. The molecule has 0 spiro atoms. The van der Waals surface area contributed by atoms with E-state index in [1.54, 1.807) is 13.1 Å². The van der Waals surface area contributed by atoms with Crippen molar-refractivity contribution in [3.63, 3.8) is 0 Å². The number of benzene rings is 1. The van der Waals surface area contributed by atoms with E-state index in [2.05, 4.69) is 10.3 Å². The number of pyridine rings is 1. The Hall–Kier alpha value is -2.93. The van der Waals surface area contributed by atoms with Crippen molar-refractivity contribution in [1.29, 1.82) is 0 Å². The molecule has 0 saturated heterocycles. The molecule has 1 amide bonds. The Morgan fingerprint density at radius 2 is 1.80 bits per heavy atom. The Kier molecular flexibility index (Phi) is 9.66. The van der Waals surface area contributed by atoms with Crippen molar-refractivity contribution in [2.24, 2.45) is 11.8 Å². The molecule has 0 aliphatic heterocycles. The molecule has 3 rings (SSSR count). The first kappa shape index (κ1) is 26.7. The summed E-state index contributed by atoms with van der Waals surface area (Å²) in [5.74, 6) is -1.90. The molecule has 0 bridgehead atoms. The van der Waals surface area contributed by atoms with Gasteiger partial charge in [-0.2, -0.15) is 0 Å². The predicted molar refractivity (Wildman–Crippen MR) is 136 cm³/mol. The number of hydrogen-bond acceptors (Lipinski definition) is 5. The van der Waals surface area contributed by atoms with E-state index in [1.165, 1.54) is 12.8 Å². The van der Waals surface area contributed by atoms with Crippen LogP contribution in [0.3, 0.4) is 0 Å². The van der Waals surface area contributed by atoms with Gasteiger partial charge in [-0.05, 0) is 74.4 Å². The smallest absolute Gasteiger partial charge is 0.307 e. The quantitative estimate of drug-likeness (QED) is 0.386. The number of aliphatic carboxylic acids is 1. The number of ether oxygens (including phenoxy) is 2. The van der Waals surface area contributed by atoms with Gasteiger partial charge in [-0.25, -0.2) is 4.98 Å². The van der Waals surface area contributed by atoms with E-state index in [9.17, 15) is 14.7 Å². The molecule has 1 aliphatic rings. The molecule has 2 atom stereocenters. The summed E-state index contributed by atoms with van der Waals surface area (Å²) in [6, 6.07) is 7.75. The van der Waals surface area contributed by atoms with E-state index in [0.717, 1.165) is 35.1 Å². The number of hydrogen-bond donors (Lipinski definition) is 2. The number of anilines is 1. The van der Waals surface area contributed by atoms with E-state index >= 15 is 0 Å². The van der Waals surface area contributed by atoms with Crippen LogP contribution in [0, 0.1) is 18.8 Å². The summed E-state index contributed by atoms with van der Waals surface area (Å²) in [7, 11) is 0. The maximum Gasteiger partial charge on any atom is 0.307 e. The first-order valence-electron chi connectivity index (χ1n) is 12.8. The summed E-state index contributed by atoms with van der Waals surface area (Å²) in [6.07, 6.45) is 7.38. The van der Waals surface area contributed by atoms with Crippen LogP contribution in [0.2, 0.25) is 0 Å². The first-order chi connectivity index (χ1) is 16.9. The molecule has 7 nitrogen and oxygen atoms in total. The summed E-state index contributed by atoms with van der Waals surface area (Å²) in [4.78, 5) is 29.0. The van der Waals surface area contributed by atoms with Crippen LogP contribution in [0.25, 0.3) is 11.1 Å². The molecule has 0 unspecified atom stereocenters. The normalized spacial score (nSPS) is 15.5. The van der Waals surface area contributed by atoms with Crippen molar-refractivity contribution < 1.29 is 24.2 Å². The lowest BCUT2D eigenvalue weighted by atomic mass is 9.87. The molecule has 0 radical (unpaired) electrons. The van der Waals surface area contributed by atoms with Crippen molar-refractivity contribution in [2.75, 3.05) is 11.9 Å². The topological polar surface area (TPSA) is 97.8 Å². The van der Waals surface area contributed by atoms with Crippen LogP contribution in [0.1, 0.15) is 70.4 Å². The number of amides is 1. The van der Waals surface area contributed by atoms with Crippen molar-refractivity contribution in [2.45, 2.75) is 78.9 Å². The fraction of sp³-hybridized carbons (Fsp3) is 0.536. The Morgan fingerprint density at radius 1 is 1.09 bits per heavy atom. The minimum atomic E-state index is -0.936. The van der Waals surface area contributed by atoms with Crippen LogP contribution in [-0.2, 0) is 20.9 Å². The van der Waals surface area contributed by atoms with Crippen LogP contribution in [0.5, 0.6) is 5.88 Å². The van der Waals surface area contributed by atoms with Gasteiger partial charge in [-0.3, -0.25) is 9.59 Å². The molecular weight excluding hydrogens is 444 g/mol. The third-order valence-corrected chi connectivity index (χ3v) is 6.90. The van der Waals surface area contributed by atoms with E-state index in [1.807, 2.05) is 45.0 Å². The molecule has 1 aromatic carbocycles. The highest BCUT2D eigenvalue weighted by molar-refractivity contribution is 5.95. The largest absolute Gasteiger partial charge is 0.481 e. The summed E-state index contributed by atoms with van der Waals surface area (Å²) < 4.78 is 11.9. The Labute approximate surface area is 208 Å². The highest BCUT2D eigenvalue weighted by Crippen LogP contribution is 2.34. The minimum absolute atomic E-state index is 0.254. The first-order valence-corrected chi connectivity index (χ1v) is 12.8. The average molecular weight is 483 g/mol. The van der Waals surface area contributed by atoms with E-state index in [-0.39, 0.29) is 12.0 Å². The second-order valence-electron chi connectivity index (χ2n) is 9.17. The van der Waals surface area contributed by atoms with Crippen molar-refractivity contribution in [1.82, 2.24) is 4.98 Å². The summed E-state index contributed by atoms with van der Waals surface area (Å²) >= 11 is 0. The summed E-state index contributed by atoms with van der Waals surface area (Å²) in [5, 5.41) is 12.5. The van der Waals surface area contributed by atoms with E-state index in [4.69, 9.17) is 9.47 Å². The maximum absolute atomic E-state index is 13.0. The second-order valence-corrected chi connectivity index (χ2v) is 9.17. The molecule has 35 heavy (non-hydrogen) atoms. The Balaban J connectivity index is 1.92. The van der Waals surface area contributed by atoms with Gasteiger partial charge in [-0.15, -0.1) is 0 Å². The lowest BCUT2D eigenvalue weighted by Gasteiger charge is -2.22. The highest BCUT2D eigenvalue weighted by Gasteiger charge is 2.31. The molecule has 7 heteroatoms. The van der Waals surface area contributed by atoms with Crippen molar-refractivity contribution in [3.8, 4) is 17.0 Å². The van der Waals surface area contributed by atoms with Gasteiger partial charge in [-0.1, -0.05) is 32.8 Å². The van der Waals surface area contributed by atoms with Crippen LogP contribution >= 0.6 is 0 Å². The molecule has 190 valence electrons. The Morgan fingerprint density at radius 3 is 2.43 bits per heavy atom. The van der Waals surface area contributed by atoms with E-state index < -0.39 is 17.8 Å². The third kappa shape index (κ3) is 6.60. The van der Waals surface area contributed by atoms with Gasteiger partial charge in [0.1, 0.15) is 0 Å². The van der Waals surface area contributed by atoms with Gasteiger partial charge in [0.25, 0.3) is 0 Å². The monoisotopic (exact) mass is 482 g/mol. The number of aromatic nitrogens is 1. The summed E-state index contributed by atoms with van der Waals surface area (Å²) in [5.41, 5.74) is 4.57.